The van der Waals surface area contributed by atoms with E-state index in [0.29, 0.717) is 12.1 Å². The first-order valence-electron chi connectivity index (χ1n) is 8.52. The lowest BCUT2D eigenvalue weighted by Gasteiger charge is -2.33. The van der Waals surface area contributed by atoms with Crippen LogP contribution in [-0.2, 0) is 11.2 Å². The van der Waals surface area contributed by atoms with Crippen molar-refractivity contribution in [2.75, 3.05) is 32.8 Å². The van der Waals surface area contributed by atoms with Gasteiger partial charge in [0.1, 0.15) is 0 Å². The van der Waals surface area contributed by atoms with Crippen molar-refractivity contribution < 1.29 is 4.74 Å². The zero-order chi connectivity index (χ0) is 14.5. The van der Waals surface area contributed by atoms with Crippen LogP contribution in [0.5, 0.6) is 0 Å². The van der Waals surface area contributed by atoms with Crippen LogP contribution in [0, 0.1) is 0 Å². The number of hydrogen-bond acceptors (Lipinski definition) is 3. The van der Waals surface area contributed by atoms with Crippen molar-refractivity contribution in [3.05, 3.63) is 35.4 Å². The molecule has 0 radical (unpaired) electrons. The van der Waals surface area contributed by atoms with Crippen molar-refractivity contribution in [1.29, 1.82) is 0 Å². The van der Waals surface area contributed by atoms with Gasteiger partial charge in [-0.2, -0.15) is 0 Å². The Morgan fingerprint density at radius 3 is 3.10 bits per heavy atom. The molecule has 1 aromatic carbocycles. The third kappa shape index (κ3) is 3.85. The summed E-state index contributed by atoms with van der Waals surface area (Å²) in [7, 11) is 0. The smallest absolute Gasteiger partial charge is 0.0826 e. The molecule has 21 heavy (non-hydrogen) atoms. The number of aryl methyl sites for hydroxylation is 1. The molecule has 0 spiro atoms. The van der Waals surface area contributed by atoms with Crippen molar-refractivity contribution in [2.24, 2.45) is 0 Å². The molecular weight excluding hydrogens is 260 g/mol. The number of fused-ring (bicyclic) bond motifs is 1. The molecule has 3 rings (SSSR count). The molecule has 0 aromatic heterocycles. The number of rotatable bonds is 4. The van der Waals surface area contributed by atoms with E-state index < -0.39 is 0 Å². The second-order valence-corrected chi connectivity index (χ2v) is 6.29. The summed E-state index contributed by atoms with van der Waals surface area (Å²) in [5, 5.41) is 3.78. The molecule has 0 bridgehead atoms. The van der Waals surface area contributed by atoms with Crippen LogP contribution in [0.4, 0.5) is 0 Å². The van der Waals surface area contributed by atoms with Crippen LogP contribution in [0.3, 0.4) is 0 Å². The first-order valence-corrected chi connectivity index (χ1v) is 8.52. The molecule has 2 aliphatic rings. The number of likely N-dealkylation sites (N-methyl/N-ethyl adjacent to an activating group) is 1. The predicted molar refractivity (Wildman–Crippen MR) is 86.6 cm³/mol. The Bertz CT molecular complexity index is 449. The van der Waals surface area contributed by atoms with Gasteiger partial charge < -0.3 is 10.1 Å². The summed E-state index contributed by atoms with van der Waals surface area (Å²) in [4.78, 5) is 2.48. The highest BCUT2D eigenvalue weighted by Gasteiger charge is 2.22. The molecule has 1 aromatic rings. The van der Waals surface area contributed by atoms with Gasteiger partial charge in [0.15, 0.2) is 0 Å². The first-order chi connectivity index (χ1) is 10.4. The molecule has 3 nitrogen and oxygen atoms in total. The molecule has 2 unspecified atom stereocenters. The average molecular weight is 288 g/mol. The zero-order valence-electron chi connectivity index (χ0n) is 13.2. The Hall–Kier alpha value is -0.900. The van der Waals surface area contributed by atoms with Crippen LogP contribution in [0.15, 0.2) is 24.3 Å². The maximum absolute atomic E-state index is 5.92. The lowest BCUT2D eigenvalue weighted by molar-refractivity contribution is -0.0265. The Kier molecular flexibility index (Phi) is 5.28. The molecule has 0 amide bonds. The number of nitrogens with one attached hydrogen (secondary N) is 1. The van der Waals surface area contributed by atoms with Gasteiger partial charge in [-0.1, -0.05) is 37.6 Å². The molecule has 0 saturated carbocycles. The van der Waals surface area contributed by atoms with Crippen LogP contribution in [0.2, 0.25) is 0 Å². The van der Waals surface area contributed by atoms with Gasteiger partial charge in [0.25, 0.3) is 0 Å². The van der Waals surface area contributed by atoms with E-state index >= 15 is 0 Å². The highest BCUT2D eigenvalue weighted by atomic mass is 16.5. The first kappa shape index (κ1) is 15.0. The van der Waals surface area contributed by atoms with Gasteiger partial charge in [-0.25, -0.2) is 0 Å². The molecular formula is C18H28N2O. The zero-order valence-corrected chi connectivity index (χ0v) is 13.2. The van der Waals surface area contributed by atoms with Gasteiger partial charge in [-0.3, -0.25) is 4.90 Å². The monoisotopic (exact) mass is 288 g/mol. The van der Waals surface area contributed by atoms with E-state index in [1.54, 1.807) is 0 Å². The lowest BCUT2D eigenvalue weighted by atomic mass is 9.99. The molecule has 2 atom stereocenters. The minimum absolute atomic E-state index is 0.342. The fraction of sp³-hybridized carbons (Fsp3) is 0.667. The van der Waals surface area contributed by atoms with E-state index in [-0.39, 0.29) is 0 Å². The summed E-state index contributed by atoms with van der Waals surface area (Å²) in [5.41, 5.74) is 3.05. The SMILES string of the molecule is CCN1CCOC(CNC2CCCCc3ccccc32)C1. The molecule has 1 aliphatic carbocycles. The summed E-state index contributed by atoms with van der Waals surface area (Å²) in [6.45, 7) is 7.36. The molecule has 1 N–H and O–H groups in total. The third-order valence-electron chi connectivity index (χ3n) is 4.88. The van der Waals surface area contributed by atoms with Gasteiger partial charge >= 0.3 is 0 Å². The van der Waals surface area contributed by atoms with Gasteiger partial charge in [0.05, 0.1) is 12.7 Å². The van der Waals surface area contributed by atoms with E-state index in [1.807, 2.05) is 0 Å². The highest BCUT2D eigenvalue weighted by molar-refractivity contribution is 5.31. The van der Waals surface area contributed by atoms with Crippen LogP contribution in [0.1, 0.15) is 43.4 Å². The summed E-state index contributed by atoms with van der Waals surface area (Å²) in [6, 6.07) is 9.45. The molecule has 1 heterocycles. The fourth-order valence-electron chi connectivity index (χ4n) is 3.60. The van der Waals surface area contributed by atoms with Gasteiger partial charge in [-0.05, 0) is 36.9 Å². The van der Waals surface area contributed by atoms with Crippen LogP contribution in [-0.4, -0.2) is 43.8 Å². The number of ether oxygens (including phenoxy) is 1. The van der Waals surface area contributed by atoms with Gasteiger partial charge in [0.2, 0.25) is 0 Å². The van der Waals surface area contributed by atoms with E-state index in [1.165, 1.54) is 36.8 Å². The van der Waals surface area contributed by atoms with Crippen LogP contribution < -0.4 is 5.32 Å². The standard InChI is InChI=1S/C18H28N2O/c1-2-20-11-12-21-16(14-20)13-19-18-10-6-4-8-15-7-3-5-9-17(15)18/h3,5,7,9,16,18-19H,2,4,6,8,10-14H2,1H3. The summed E-state index contributed by atoms with van der Waals surface area (Å²) in [6.07, 6.45) is 5.46. The number of morpholine rings is 1. The summed E-state index contributed by atoms with van der Waals surface area (Å²) < 4.78 is 5.92. The maximum atomic E-state index is 5.92. The van der Waals surface area contributed by atoms with Crippen molar-refractivity contribution in [2.45, 2.75) is 44.8 Å². The Balaban J connectivity index is 1.60. The Morgan fingerprint density at radius 2 is 2.19 bits per heavy atom. The minimum Gasteiger partial charge on any atom is -0.374 e. The molecule has 1 fully saturated rings. The van der Waals surface area contributed by atoms with E-state index in [0.717, 1.165) is 32.8 Å². The molecule has 116 valence electrons. The normalized spacial score (nSPS) is 27.1. The Morgan fingerprint density at radius 1 is 1.29 bits per heavy atom. The van der Waals surface area contributed by atoms with E-state index in [2.05, 4.69) is 41.4 Å². The van der Waals surface area contributed by atoms with Crippen molar-refractivity contribution in [3.8, 4) is 0 Å². The summed E-state index contributed by atoms with van der Waals surface area (Å²) >= 11 is 0. The van der Waals surface area contributed by atoms with Crippen molar-refractivity contribution in [1.82, 2.24) is 10.2 Å². The van der Waals surface area contributed by atoms with E-state index in [9.17, 15) is 0 Å². The maximum Gasteiger partial charge on any atom is 0.0826 e. The van der Waals surface area contributed by atoms with E-state index in [4.69, 9.17) is 4.74 Å². The largest absolute Gasteiger partial charge is 0.374 e. The number of nitrogens with zero attached hydrogens (tertiary/aromatic N) is 1. The summed E-state index contributed by atoms with van der Waals surface area (Å²) in [5.74, 6) is 0. The molecule has 1 saturated heterocycles. The second-order valence-electron chi connectivity index (χ2n) is 6.29. The second kappa shape index (κ2) is 7.39. The number of hydrogen-bond donors (Lipinski definition) is 1. The average Bonchev–Trinajstić information content (AvgIpc) is 2.75. The molecule has 3 heteroatoms. The lowest BCUT2D eigenvalue weighted by Crippen LogP contribution is -2.46. The predicted octanol–water partition coefficient (Wildman–Crippen LogP) is 2.76. The molecule has 1 aliphatic heterocycles. The van der Waals surface area contributed by atoms with Crippen LogP contribution in [0.25, 0.3) is 0 Å². The number of benzene rings is 1. The minimum atomic E-state index is 0.342. The van der Waals surface area contributed by atoms with Crippen LogP contribution >= 0.6 is 0 Å². The van der Waals surface area contributed by atoms with Crippen molar-refractivity contribution >= 4 is 0 Å². The Labute approximate surface area is 128 Å². The quantitative estimate of drug-likeness (QED) is 0.862. The highest BCUT2D eigenvalue weighted by Crippen LogP contribution is 2.28. The fourth-order valence-corrected chi connectivity index (χ4v) is 3.60. The third-order valence-corrected chi connectivity index (χ3v) is 4.88. The van der Waals surface area contributed by atoms with Gasteiger partial charge in [-0.15, -0.1) is 0 Å². The topological polar surface area (TPSA) is 24.5 Å². The van der Waals surface area contributed by atoms with Gasteiger partial charge in [0, 0.05) is 25.7 Å². The van der Waals surface area contributed by atoms with Crippen molar-refractivity contribution in [3.63, 3.8) is 0 Å².